The maximum atomic E-state index is 13.3. The van der Waals surface area contributed by atoms with E-state index in [9.17, 15) is 13.2 Å². The third kappa shape index (κ3) is 3.54. The quantitative estimate of drug-likeness (QED) is 0.441. The molecule has 4 rings (SSSR count). The monoisotopic (exact) mass is 405 g/mol. The van der Waals surface area contributed by atoms with Gasteiger partial charge in [-0.25, -0.2) is 12.4 Å². The van der Waals surface area contributed by atoms with Crippen molar-refractivity contribution in [3.63, 3.8) is 0 Å². The average Bonchev–Trinajstić information content (AvgIpc) is 3.09. The molecule has 6 heteroatoms. The van der Waals surface area contributed by atoms with Crippen molar-refractivity contribution in [1.29, 1.82) is 0 Å². The molecule has 0 unspecified atom stereocenters. The Balaban J connectivity index is 1.86. The van der Waals surface area contributed by atoms with Gasteiger partial charge in [0, 0.05) is 16.6 Å². The summed E-state index contributed by atoms with van der Waals surface area (Å²) in [7, 11) is -3.82. The van der Waals surface area contributed by atoms with Crippen LogP contribution in [0.15, 0.2) is 83.8 Å². The summed E-state index contributed by atoms with van der Waals surface area (Å²) in [6.07, 6.45) is 0.691. The molecule has 5 nitrogen and oxygen atoms in total. The van der Waals surface area contributed by atoms with Crippen molar-refractivity contribution >= 4 is 27.2 Å². The van der Waals surface area contributed by atoms with Crippen molar-refractivity contribution in [2.45, 2.75) is 18.4 Å². The summed E-state index contributed by atoms with van der Waals surface area (Å²) in [6, 6.07) is 22.9. The van der Waals surface area contributed by atoms with Crippen LogP contribution in [0.3, 0.4) is 0 Å². The number of nitrogens with zero attached hydrogens (tertiary/aromatic N) is 1. The average molecular weight is 405 g/mol. The molecule has 1 aromatic heterocycles. The summed E-state index contributed by atoms with van der Waals surface area (Å²) in [5.41, 5.74) is 2.28. The van der Waals surface area contributed by atoms with Crippen LogP contribution in [0.1, 0.15) is 21.6 Å². The van der Waals surface area contributed by atoms with Gasteiger partial charge in [0.2, 0.25) is 0 Å². The number of ether oxygens (including phenoxy) is 1. The Bertz CT molecular complexity index is 1280. The van der Waals surface area contributed by atoms with E-state index in [1.807, 2.05) is 30.3 Å². The van der Waals surface area contributed by atoms with E-state index in [-0.39, 0.29) is 4.90 Å². The first kappa shape index (κ1) is 19.0. The number of carbonyl (C=O) groups is 1. The van der Waals surface area contributed by atoms with Crippen LogP contribution in [0.25, 0.3) is 10.9 Å². The van der Waals surface area contributed by atoms with Crippen LogP contribution in [0.2, 0.25) is 0 Å². The molecule has 0 spiro atoms. The lowest BCUT2D eigenvalue weighted by molar-refractivity contribution is 0.112. The minimum absolute atomic E-state index is 0.184. The van der Waals surface area contributed by atoms with Gasteiger partial charge in [0.15, 0.2) is 0 Å². The number of hydrogen-bond acceptors (Lipinski definition) is 4. The number of benzene rings is 3. The van der Waals surface area contributed by atoms with Crippen LogP contribution < -0.4 is 4.74 Å². The zero-order chi connectivity index (χ0) is 20.4. The van der Waals surface area contributed by atoms with Crippen LogP contribution >= 0.6 is 0 Å². The van der Waals surface area contributed by atoms with Crippen LogP contribution in [0.4, 0.5) is 0 Å². The summed E-state index contributed by atoms with van der Waals surface area (Å²) in [5, 5.41) is 0.642. The van der Waals surface area contributed by atoms with Gasteiger partial charge in [-0.15, -0.1) is 0 Å². The number of hydrogen-bond donors (Lipinski definition) is 0. The Morgan fingerprint density at radius 1 is 0.931 bits per heavy atom. The molecule has 4 aromatic rings. The molecular weight excluding hydrogens is 386 g/mol. The second-order valence-corrected chi connectivity index (χ2v) is 8.50. The molecule has 0 aliphatic heterocycles. The van der Waals surface area contributed by atoms with Crippen molar-refractivity contribution in [3.8, 4) is 5.75 Å². The van der Waals surface area contributed by atoms with Gasteiger partial charge in [-0.05, 0) is 42.8 Å². The number of aryl methyl sites for hydroxylation is 1. The van der Waals surface area contributed by atoms with E-state index in [1.54, 1.807) is 55.5 Å². The van der Waals surface area contributed by atoms with E-state index in [0.717, 1.165) is 5.56 Å². The van der Waals surface area contributed by atoms with E-state index in [0.29, 0.717) is 40.8 Å². The van der Waals surface area contributed by atoms with Crippen molar-refractivity contribution in [3.05, 3.63) is 95.7 Å². The molecule has 0 amide bonds. The summed E-state index contributed by atoms with van der Waals surface area (Å²) in [6.45, 7) is 2.04. The fourth-order valence-corrected chi connectivity index (χ4v) is 4.90. The molecule has 0 aliphatic carbocycles. The third-order valence-electron chi connectivity index (χ3n) is 4.69. The first-order chi connectivity index (χ1) is 14.0. The van der Waals surface area contributed by atoms with Crippen molar-refractivity contribution < 1.29 is 17.9 Å². The lowest BCUT2D eigenvalue weighted by Crippen LogP contribution is -2.14. The zero-order valence-corrected chi connectivity index (χ0v) is 16.6. The van der Waals surface area contributed by atoms with E-state index >= 15 is 0 Å². The van der Waals surface area contributed by atoms with Gasteiger partial charge in [-0.1, -0.05) is 48.5 Å². The fraction of sp³-hybridized carbons (Fsp3) is 0.0870. The molecule has 0 saturated heterocycles. The van der Waals surface area contributed by atoms with Crippen LogP contribution in [0, 0.1) is 6.92 Å². The Morgan fingerprint density at radius 3 is 2.24 bits per heavy atom. The number of aldehydes is 1. The van der Waals surface area contributed by atoms with Crippen molar-refractivity contribution in [2.75, 3.05) is 0 Å². The van der Waals surface area contributed by atoms with Gasteiger partial charge in [0.25, 0.3) is 10.0 Å². The predicted molar refractivity (Wildman–Crippen MR) is 112 cm³/mol. The maximum Gasteiger partial charge on any atom is 0.268 e. The van der Waals surface area contributed by atoms with Crippen LogP contribution in [0.5, 0.6) is 5.75 Å². The minimum atomic E-state index is -3.82. The third-order valence-corrected chi connectivity index (χ3v) is 6.52. The lowest BCUT2D eigenvalue weighted by atomic mass is 10.1. The largest absolute Gasteiger partial charge is 0.488 e. The Morgan fingerprint density at radius 2 is 1.59 bits per heavy atom. The molecule has 0 N–H and O–H groups in total. The smallest absolute Gasteiger partial charge is 0.268 e. The normalized spacial score (nSPS) is 11.5. The lowest BCUT2D eigenvalue weighted by Gasteiger charge is -2.12. The van der Waals surface area contributed by atoms with Gasteiger partial charge in [0.1, 0.15) is 18.6 Å². The maximum absolute atomic E-state index is 13.3. The molecule has 0 aliphatic rings. The number of rotatable bonds is 6. The summed E-state index contributed by atoms with van der Waals surface area (Å²) >= 11 is 0. The van der Waals surface area contributed by atoms with Gasteiger partial charge in [-0.3, -0.25) is 4.79 Å². The highest BCUT2D eigenvalue weighted by molar-refractivity contribution is 7.90. The molecule has 0 fully saturated rings. The topological polar surface area (TPSA) is 65.4 Å². The highest BCUT2D eigenvalue weighted by atomic mass is 32.2. The second-order valence-electron chi connectivity index (χ2n) is 6.71. The van der Waals surface area contributed by atoms with Crippen molar-refractivity contribution in [2.24, 2.45) is 0 Å². The highest BCUT2D eigenvalue weighted by Gasteiger charge is 2.23. The van der Waals surface area contributed by atoms with E-state index in [4.69, 9.17) is 4.74 Å². The Labute approximate surface area is 169 Å². The molecule has 0 bridgehead atoms. The number of fused-ring (bicyclic) bond motifs is 1. The van der Waals surface area contributed by atoms with Crippen LogP contribution in [-0.2, 0) is 16.6 Å². The van der Waals surface area contributed by atoms with Gasteiger partial charge < -0.3 is 4.74 Å². The number of carbonyl (C=O) groups excluding carboxylic acids is 1. The van der Waals surface area contributed by atoms with E-state index in [1.165, 1.54) is 3.97 Å². The second kappa shape index (κ2) is 7.56. The summed E-state index contributed by atoms with van der Waals surface area (Å²) in [4.78, 5) is 11.7. The molecule has 0 atom stereocenters. The summed E-state index contributed by atoms with van der Waals surface area (Å²) < 4.78 is 33.7. The van der Waals surface area contributed by atoms with Gasteiger partial charge >= 0.3 is 0 Å². The molecule has 1 heterocycles. The molecule has 29 heavy (non-hydrogen) atoms. The zero-order valence-electron chi connectivity index (χ0n) is 15.8. The minimum Gasteiger partial charge on any atom is -0.488 e. The molecular formula is C23H19NO4S. The first-order valence-corrected chi connectivity index (χ1v) is 10.5. The van der Waals surface area contributed by atoms with E-state index in [2.05, 4.69) is 0 Å². The first-order valence-electron chi connectivity index (χ1n) is 9.09. The standard InChI is InChI=1S/C23H19NO4S/c1-17-12-21-22(24(17)29(26,27)20-10-6-3-7-11-20)13-19(15-25)14-23(21)28-16-18-8-4-2-5-9-18/h2-15H,16H2,1H3. The predicted octanol–water partition coefficient (Wildman–Crippen LogP) is 4.58. The summed E-state index contributed by atoms with van der Waals surface area (Å²) in [5.74, 6) is 0.471. The van der Waals surface area contributed by atoms with Crippen LogP contribution in [-0.4, -0.2) is 18.7 Å². The fourth-order valence-electron chi connectivity index (χ4n) is 3.34. The molecule has 0 saturated carbocycles. The molecule has 0 radical (unpaired) electrons. The molecule has 146 valence electrons. The Hall–Kier alpha value is -3.38. The number of aromatic nitrogens is 1. The van der Waals surface area contributed by atoms with Crippen molar-refractivity contribution in [1.82, 2.24) is 3.97 Å². The molecule has 3 aromatic carbocycles. The van der Waals surface area contributed by atoms with Gasteiger partial charge in [0.05, 0.1) is 10.4 Å². The Kier molecular flexibility index (Phi) is 4.94. The highest BCUT2D eigenvalue weighted by Crippen LogP contribution is 2.33. The van der Waals surface area contributed by atoms with E-state index < -0.39 is 10.0 Å². The van der Waals surface area contributed by atoms with Gasteiger partial charge in [-0.2, -0.15) is 0 Å². The SMILES string of the molecule is Cc1cc2c(OCc3ccccc3)cc(C=O)cc2n1S(=O)(=O)c1ccccc1.